The number of hydrogen-bond donors (Lipinski definition) is 3. The molecular weight excluding hydrogens is 266 g/mol. The maximum atomic E-state index is 11.9. The fraction of sp³-hybridized carbons (Fsp3) is 0.0714. The molecule has 98 valence electrons. The zero-order chi connectivity index (χ0) is 13.8. The number of benzene rings is 2. The predicted octanol–water partition coefficient (Wildman–Crippen LogP) is 2.68. The molecule has 0 heterocycles. The van der Waals surface area contributed by atoms with Gasteiger partial charge < -0.3 is 15.5 Å². The van der Waals surface area contributed by atoms with Crippen molar-refractivity contribution < 1.29 is 15.0 Å². The summed E-state index contributed by atoms with van der Waals surface area (Å²) in [5.74, 6) is -0.797. The summed E-state index contributed by atoms with van der Waals surface area (Å²) in [6, 6.07) is 11.0. The lowest BCUT2D eigenvalue weighted by molar-refractivity contribution is 0.0948. The summed E-state index contributed by atoms with van der Waals surface area (Å²) in [5, 5.41) is 21.9. The second-order valence-electron chi connectivity index (χ2n) is 3.98. The van der Waals surface area contributed by atoms with E-state index in [9.17, 15) is 9.90 Å². The molecule has 2 rings (SSSR count). The van der Waals surface area contributed by atoms with Crippen LogP contribution in [0.4, 0.5) is 0 Å². The summed E-state index contributed by atoms with van der Waals surface area (Å²) in [7, 11) is 0. The maximum absolute atomic E-state index is 11.9. The first-order chi connectivity index (χ1) is 9.08. The molecule has 2 aromatic carbocycles. The number of carbonyl (C=O) groups excluding carboxylic acids is 1. The van der Waals surface area contributed by atoms with Crippen LogP contribution in [0.3, 0.4) is 0 Å². The Morgan fingerprint density at radius 1 is 1.16 bits per heavy atom. The Labute approximate surface area is 115 Å². The Balaban J connectivity index is 2.08. The van der Waals surface area contributed by atoms with Crippen molar-refractivity contribution in [3.8, 4) is 11.5 Å². The largest absolute Gasteiger partial charge is 0.508 e. The summed E-state index contributed by atoms with van der Waals surface area (Å²) in [5.41, 5.74) is 0.889. The van der Waals surface area contributed by atoms with Crippen molar-refractivity contribution in [2.24, 2.45) is 0 Å². The Bertz CT molecular complexity index is 613. The number of phenolic OH excluding ortho intramolecular Hbond substituents is 2. The van der Waals surface area contributed by atoms with Crippen LogP contribution < -0.4 is 5.32 Å². The van der Waals surface area contributed by atoms with Crippen LogP contribution in [0.1, 0.15) is 15.9 Å². The van der Waals surface area contributed by atoms with Crippen LogP contribution in [-0.4, -0.2) is 16.1 Å². The number of nitrogens with one attached hydrogen (secondary N) is 1. The normalized spacial score (nSPS) is 10.2. The molecule has 0 saturated heterocycles. The van der Waals surface area contributed by atoms with E-state index >= 15 is 0 Å². The number of halogens is 1. The summed E-state index contributed by atoms with van der Waals surface area (Å²) >= 11 is 5.97. The second kappa shape index (κ2) is 5.63. The van der Waals surface area contributed by atoms with Crippen molar-refractivity contribution in [3.05, 3.63) is 58.6 Å². The first kappa shape index (κ1) is 13.2. The fourth-order valence-electron chi connectivity index (χ4n) is 1.62. The minimum Gasteiger partial charge on any atom is -0.508 e. The quantitative estimate of drug-likeness (QED) is 0.808. The van der Waals surface area contributed by atoms with Crippen molar-refractivity contribution >= 4 is 17.5 Å². The van der Waals surface area contributed by atoms with Crippen molar-refractivity contribution in [1.82, 2.24) is 5.32 Å². The molecule has 0 radical (unpaired) electrons. The van der Waals surface area contributed by atoms with Gasteiger partial charge in [0.25, 0.3) is 5.91 Å². The zero-order valence-electron chi connectivity index (χ0n) is 9.93. The first-order valence-corrected chi connectivity index (χ1v) is 5.99. The average molecular weight is 278 g/mol. The maximum Gasteiger partial charge on any atom is 0.255 e. The van der Waals surface area contributed by atoms with E-state index in [1.165, 1.54) is 12.1 Å². The smallest absolute Gasteiger partial charge is 0.255 e. The molecule has 2 aromatic rings. The fourth-order valence-corrected chi connectivity index (χ4v) is 1.83. The highest BCUT2D eigenvalue weighted by molar-refractivity contribution is 6.31. The molecule has 0 unspecified atom stereocenters. The van der Waals surface area contributed by atoms with Crippen LogP contribution in [0.25, 0.3) is 0 Å². The van der Waals surface area contributed by atoms with Crippen LogP contribution in [0.15, 0.2) is 42.5 Å². The molecule has 4 nitrogen and oxygen atoms in total. The van der Waals surface area contributed by atoms with E-state index in [0.29, 0.717) is 5.02 Å². The van der Waals surface area contributed by atoms with Gasteiger partial charge in [-0.1, -0.05) is 29.8 Å². The molecule has 0 aliphatic heterocycles. The van der Waals surface area contributed by atoms with Crippen LogP contribution in [0.5, 0.6) is 11.5 Å². The number of phenols is 2. The van der Waals surface area contributed by atoms with Crippen LogP contribution in [0.2, 0.25) is 5.02 Å². The monoisotopic (exact) mass is 277 g/mol. The molecule has 0 aliphatic rings. The lowest BCUT2D eigenvalue weighted by Crippen LogP contribution is -2.22. The molecule has 0 fully saturated rings. The Morgan fingerprint density at radius 2 is 1.89 bits per heavy atom. The van der Waals surface area contributed by atoms with Gasteiger partial charge >= 0.3 is 0 Å². The van der Waals surface area contributed by atoms with Gasteiger partial charge in [-0.25, -0.2) is 0 Å². The lowest BCUT2D eigenvalue weighted by atomic mass is 10.1. The number of amides is 1. The van der Waals surface area contributed by atoms with Gasteiger partial charge in [-0.15, -0.1) is 0 Å². The molecule has 19 heavy (non-hydrogen) atoms. The van der Waals surface area contributed by atoms with Gasteiger partial charge in [0.05, 0.1) is 5.56 Å². The van der Waals surface area contributed by atoms with Gasteiger partial charge in [0, 0.05) is 17.6 Å². The molecule has 0 spiro atoms. The van der Waals surface area contributed by atoms with Gasteiger partial charge in [-0.2, -0.15) is 0 Å². The average Bonchev–Trinajstić information content (AvgIpc) is 2.37. The highest BCUT2D eigenvalue weighted by Gasteiger charge is 2.11. The standard InChI is InChI=1S/C14H12ClNO3/c15-12-4-2-1-3-9(12)8-16-14(19)11-6-5-10(17)7-13(11)18/h1-7,17-18H,8H2,(H,16,19). The molecule has 0 bridgehead atoms. The molecule has 0 atom stereocenters. The van der Waals surface area contributed by atoms with Crippen molar-refractivity contribution in [2.75, 3.05) is 0 Å². The topological polar surface area (TPSA) is 69.6 Å². The van der Waals surface area contributed by atoms with Gasteiger partial charge in [-0.05, 0) is 23.8 Å². The zero-order valence-corrected chi connectivity index (χ0v) is 10.7. The van der Waals surface area contributed by atoms with E-state index in [2.05, 4.69) is 5.32 Å². The minimum atomic E-state index is -0.433. The van der Waals surface area contributed by atoms with Crippen LogP contribution >= 0.6 is 11.6 Å². The molecular formula is C14H12ClNO3. The van der Waals surface area contributed by atoms with Crippen LogP contribution in [0, 0.1) is 0 Å². The number of carbonyl (C=O) groups is 1. The Kier molecular flexibility index (Phi) is 3.92. The highest BCUT2D eigenvalue weighted by Crippen LogP contribution is 2.22. The van der Waals surface area contributed by atoms with E-state index in [1.807, 2.05) is 6.07 Å². The lowest BCUT2D eigenvalue weighted by Gasteiger charge is -2.08. The van der Waals surface area contributed by atoms with E-state index in [1.54, 1.807) is 18.2 Å². The van der Waals surface area contributed by atoms with E-state index < -0.39 is 5.91 Å². The van der Waals surface area contributed by atoms with Crippen molar-refractivity contribution in [1.29, 1.82) is 0 Å². The predicted molar refractivity (Wildman–Crippen MR) is 72.4 cm³/mol. The molecule has 0 saturated carbocycles. The SMILES string of the molecule is O=C(NCc1ccccc1Cl)c1ccc(O)cc1O. The molecule has 3 N–H and O–H groups in total. The number of rotatable bonds is 3. The summed E-state index contributed by atoms with van der Waals surface area (Å²) < 4.78 is 0. The third-order valence-corrected chi connectivity index (χ3v) is 2.99. The van der Waals surface area contributed by atoms with Gasteiger partial charge in [-0.3, -0.25) is 4.79 Å². The first-order valence-electron chi connectivity index (χ1n) is 5.61. The van der Waals surface area contributed by atoms with Gasteiger partial charge in [0.15, 0.2) is 0 Å². The van der Waals surface area contributed by atoms with Gasteiger partial charge in [0.2, 0.25) is 0 Å². The Hall–Kier alpha value is -2.20. The summed E-state index contributed by atoms with van der Waals surface area (Å²) in [6.07, 6.45) is 0. The van der Waals surface area contributed by atoms with E-state index in [-0.39, 0.29) is 23.6 Å². The number of hydrogen-bond acceptors (Lipinski definition) is 3. The number of aromatic hydroxyl groups is 2. The van der Waals surface area contributed by atoms with Crippen LogP contribution in [-0.2, 0) is 6.54 Å². The van der Waals surface area contributed by atoms with Gasteiger partial charge in [0.1, 0.15) is 11.5 Å². The van der Waals surface area contributed by atoms with E-state index in [0.717, 1.165) is 11.6 Å². The molecule has 0 aromatic heterocycles. The third-order valence-electron chi connectivity index (χ3n) is 2.62. The third kappa shape index (κ3) is 3.17. The Morgan fingerprint density at radius 3 is 2.58 bits per heavy atom. The highest BCUT2D eigenvalue weighted by atomic mass is 35.5. The molecule has 1 amide bonds. The minimum absolute atomic E-state index is 0.0971. The second-order valence-corrected chi connectivity index (χ2v) is 4.38. The van der Waals surface area contributed by atoms with Crippen molar-refractivity contribution in [3.63, 3.8) is 0 Å². The molecule has 0 aliphatic carbocycles. The summed E-state index contributed by atoms with van der Waals surface area (Å²) in [6.45, 7) is 0.263. The van der Waals surface area contributed by atoms with Crippen molar-refractivity contribution in [2.45, 2.75) is 6.54 Å². The van der Waals surface area contributed by atoms with E-state index in [4.69, 9.17) is 16.7 Å². The summed E-state index contributed by atoms with van der Waals surface area (Å²) in [4.78, 5) is 11.9. The molecule has 5 heteroatoms.